The number of carbonyl (C=O) groups excluding carboxylic acids is 3. The van der Waals surface area contributed by atoms with Crippen LogP contribution in [0.1, 0.15) is 49.8 Å². The minimum Gasteiger partial charge on any atom is -0.463 e. The number of aliphatic hydroxyl groups is 1. The van der Waals surface area contributed by atoms with Crippen LogP contribution in [0.2, 0.25) is 0 Å². The number of hydrogen-bond acceptors (Lipinski definition) is 5. The van der Waals surface area contributed by atoms with Crippen molar-refractivity contribution in [3.8, 4) is 0 Å². The molecule has 0 spiro atoms. The number of benzene rings is 2. The topological polar surface area (TPSA) is 95.9 Å². The Morgan fingerprint density at radius 3 is 2.27 bits per heavy atom. The maximum atomic E-state index is 13.4. The highest BCUT2D eigenvalue weighted by Gasteiger charge is 2.33. The van der Waals surface area contributed by atoms with Gasteiger partial charge in [0, 0.05) is 13.0 Å². The van der Waals surface area contributed by atoms with Gasteiger partial charge < -0.3 is 20.1 Å². The van der Waals surface area contributed by atoms with Crippen molar-refractivity contribution in [3.63, 3.8) is 0 Å². The van der Waals surface area contributed by atoms with E-state index in [0.717, 1.165) is 16.7 Å². The van der Waals surface area contributed by atoms with Crippen LogP contribution >= 0.6 is 0 Å². The quantitative estimate of drug-likeness (QED) is 0.245. The first kappa shape index (κ1) is 31.8. The third kappa shape index (κ3) is 9.15. The molecule has 7 nitrogen and oxygen atoms in total. The van der Waals surface area contributed by atoms with Gasteiger partial charge >= 0.3 is 5.97 Å². The van der Waals surface area contributed by atoms with Crippen LogP contribution in [0.4, 0.5) is 0 Å². The number of fused-ring (bicyclic) bond motifs is 1. The lowest BCUT2D eigenvalue weighted by atomic mass is 9.92. The lowest BCUT2D eigenvalue weighted by Gasteiger charge is -2.36. The van der Waals surface area contributed by atoms with E-state index in [1.165, 1.54) is 0 Å². The Morgan fingerprint density at radius 2 is 1.63 bits per heavy atom. The fourth-order valence-electron chi connectivity index (χ4n) is 5.21. The average molecular weight is 561 g/mol. The van der Waals surface area contributed by atoms with Gasteiger partial charge in [-0.3, -0.25) is 14.4 Å². The Bertz CT molecular complexity index is 1180. The standard InChI is InChI=1S/C34H44N2O5/c1-5-12-27(20-32(38)36-21-29-17-11-10-16-26(29)19-30(36)22-37)33(39)35-31(24(3)4)23-41-34(40)28(13-6-2)18-25-14-8-7-9-15-25/h5-11,14-17,24,27-28,30-31,37H,1-2,12-13,18-23H2,3-4H3,(H,35,39). The maximum absolute atomic E-state index is 13.4. The molecule has 0 bridgehead atoms. The van der Waals surface area contributed by atoms with Crippen LogP contribution in [0.3, 0.4) is 0 Å². The van der Waals surface area contributed by atoms with Crippen molar-refractivity contribution in [1.82, 2.24) is 10.2 Å². The predicted octanol–water partition coefficient (Wildman–Crippen LogP) is 4.63. The Hall–Kier alpha value is -3.71. The molecule has 2 aromatic carbocycles. The van der Waals surface area contributed by atoms with Crippen molar-refractivity contribution in [3.05, 3.63) is 96.6 Å². The molecule has 0 radical (unpaired) electrons. The molecule has 220 valence electrons. The van der Waals surface area contributed by atoms with Crippen LogP contribution in [0.15, 0.2) is 79.9 Å². The Kier molecular flexibility index (Phi) is 12.3. The summed E-state index contributed by atoms with van der Waals surface area (Å²) in [5.74, 6) is -1.78. The third-order valence-electron chi connectivity index (χ3n) is 7.78. The van der Waals surface area contributed by atoms with Crippen molar-refractivity contribution >= 4 is 17.8 Å². The van der Waals surface area contributed by atoms with Crippen LogP contribution < -0.4 is 5.32 Å². The smallest absolute Gasteiger partial charge is 0.309 e. The Balaban J connectivity index is 1.62. The molecular weight excluding hydrogens is 516 g/mol. The summed E-state index contributed by atoms with van der Waals surface area (Å²) in [6.45, 7) is 11.8. The number of ether oxygens (including phenoxy) is 1. The van der Waals surface area contributed by atoms with Gasteiger partial charge in [0.05, 0.1) is 30.5 Å². The Morgan fingerprint density at radius 1 is 1.00 bits per heavy atom. The first-order valence-corrected chi connectivity index (χ1v) is 14.5. The molecule has 0 fully saturated rings. The normalized spacial score (nSPS) is 16.7. The summed E-state index contributed by atoms with van der Waals surface area (Å²) in [6.07, 6.45) is 5.30. The number of amides is 2. The molecule has 4 atom stereocenters. The van der Waals surface area contributed by atoms with Gasteiger partial charge in [-0.05, 0) is 48.3 Å². The molecule has 7 heteroatoms. The first-order chi connectivity index (χ1) is 19.8. The lowest BCUT2D eigenvalue weighted by molar-refractivity contribution is -0.150. The number of hydrogen-bond donors (Lipinski definition) is 2. The van der Waals surface area contributed by atoms with E-state index >= 15 is 0 Å². The molecule has 2 aromatic rings. The minimum atomic E-state index is -0.625. The van der Waals surface area contributed by atoms with E-state index in [2.05, 4.69) is 18.5 Å². The van der Waals surface area contributed by atoms with Gasteiger partial charge in [-0.2, -0.15) is 0 Å². The van der Waals surface area contributed by atoms with Crippen molar-refractivity contribution in [1.29, 1.82) is 0 Å². The van der Waals surface area contributed by atoms with Crippen LogP contribution in [0.25, 0.3) is 0 Å². The Labute approximate surface area is 244 Å². The van der Waals surface area contributed by atoms with Gasteiger partial charge in [-0.25, -0.2) is 0 Å². The summed E-state index contributed by atoms with van der Waals surface area (Å²) in [5.41, 5.74) is 3.23. The van der Waals surface area contributed by atoms with Crippen LogP contribution in [-0.4, -0.2) is 53.1 Å². The summed E-state index contributed by atoms with van der Waals surface area (Å²) in [7, 11) is 0. The number of allylic oxidation sites excluding steroid dienone is 2. The zero-order valence-corrected chi connectivity index (χ0v) is 24.3. The monoisotopic (exact) mass is 560 g/mol. The molecule has 1 heterocycles. The highest BCUT2D eigenvalue weighted by molar-refractivity contribution is 5.86. The van der Waals surface area contributed by atoms with Gasteiger partial charge in [-0.1, -0.05) is 80.6 Å². The molecule has 41 heavy (non-hydrogen) atoms. The molecule has 0 saturated heterocycles. The maximum Gasteiger partial charge on any atom is 0.309 e. The summed E-state index contributed by atoms with van der Waals surface area (Å²) in [4.78, 5) is 41.5. The zero-order valence-electron chi connectivity index (χ0n) is 24.3. The molecule has 2 amide bonds. The van der Waals surface area contributed by atoms with E-state index < -0.39 is 12.0 Å². The van der Waals surface area contributed by atoms with E-state index in [0.29, 0.717) is 32.2 Å². The van der Waals surface area contributed by atoms with Crippen LogP contribution in [0, 0.1) is 17.8 Å². The third-order valence-corrected chi connectivity index (χ3v) is 7.78. The van der Waals surface area contributed by atoms with E-state index in [-0.39, 0.29) is 55.3 Å². The number of aliphatic hydroxyl groups excluding tert-OH is 1. The number of carbonyl (C=O) groups is 3. The van der Waals surface area contributed by atoms with Gasteiger partial charge in [0.1, 0.15) is 6.61 Å². The molecular formula is C34H44N2O5. The van der Waals surface area contributed by atoms with Gasteiger partial charge in [0.25, 0.3) is 0 Å². The summed E-state index contributed by atoms with van der Waals surface area (Å²) >= 11 is 0. The van der Waals surface area contributed by atoms with Crippen molar-refractivity contribution in [2.24, 2.45) is 17.8 Å². The number of esters is 1. The largest absolute Gasteiger partial charge is 0.463 e. The molecule has 0 saturated carbocycles. The second kappa shape index (κ2) is 15.9. The minimum absolute atomic E-state index is 0.000389. The molecule has 1 aliphatic heterocycles. The molecule has 4 unspecified atom stereocenters. The number of nitrogens with one attached hydrogen (secondary N) is 1. The summed E-state index contributed by atoms with van der Waals surface area (Å²) in [5, 5.41) is 13.0. The molecule has 0 aromatic heterocycles. The van der Waals surface area contributed by atoms with Crippen molar-refractivity contribution in [2.75, 3.05) is 13.2 Å². The zero-order chi connectivity index (χ0) is 29.8. The van der Waals surface area contributed by atoms with Crippen molar-refractivity contribution in [2.45, 2.75) is 64.6 Å². The highest BCUT2D eigenvalue weighted by atomic mass is 16.5. The van der Waals surface area contributed by atoms with Crippen LogP contribution in [0.5, 0.6) is 0 Å². The fraction of sp³-hybridized carbons (Fsp3) is 0.441. The molecule has 3 rings (SSSR count). The van der Waals surface area contributed by atoms with E-state index in [1.54, 1.807) is 17.1 Å². The number of rotatable bonds is 15. The summed E-state index contributed by atoms with van der Waals surface area (Å²) in [6, 6.07) is 16.9. The van der Waals surface area contributed by atoms with Crippen LogP contribution in [-0.2, 0) is 38.5 Å². The second-order valence-corrected chi connectivity index (χ2v) is 11.2. The van der Waals surface area contributed by atoms with E-state index in [1.807, 2.05) is 68.4 Å². The molecule has 1 aliphatic rings. The molecule has 2 N–H and O–H groups in total. The first-order valence-electron chi connectivity index (χ1n) is 14.5. The SMILES string of the molecule is C=CCC(CC(=O)N1Cc2ccccc2CC1CO)C(=O)NC(COC(=O)C(CC=C)Cc1ccccc1)C(C)C. The van der Waals surface area contributed by atoms with E-state index in [9.17, 15) is 19.5 Å². The lowest BCUT2D eigenvalue weighted by Crippen LogP contribution is -2.49. The fourth-order valence-corrected chi connectivity index (χ4v) is 5.21. The highest BCUT2D eigenvalue weighted by Crippen LogP contribution is 2.25. The summed E-state index contributed by atoms with van der Waals surface area (Å²) < 4.78 is 5.71. The van der Waals surface area contributed by atoms with Gasteiger partial charge in [0.2, 0.25) is 11.8 Å². The molecule has 0 aliphatic carbocycles. The van der Waals surface area contributed by atoms with Gasteiger partial charge in [0.15, 0.2) is 0 Å². The average Bonchev–Trinajstić information content (AvgIpc) is 2.98. The van der Waals surface area contributed by atoms with E-state index in [4.69, 9.17) is 4.74 Å². The predicted molar refractivity (Wildman–Crippen MR) is 161 cm³/mol. The second-order valence-electron chi connectivity index (χ2n) is 11.2. The number of nitrogens with zero attached hydrogens (tertiary/aromatic N) is 1. The van der Waals surface area contributed by atoms with Crippen molar-refractivity contribution < 1.29 is 24.2 Å². The van der Waals surface area contributed by atoms with Gasteiger partial charge in [-0.15, -0.1) is 13.2 Å².